The number of piperidine rings is 2. The Morgan fingerprint density at radius 3 is 2.52 bits per heavy atom. The number of likely N-dealkylation sites (tertiary alicyclic amines) is 1. The summed E-state index contributed by atoms with van der Waals surface area (Å²) in [6, 6.07) is 6.02. The van der Waals surface area contributed by atoms with Gasteiger partial charge in [-0.1, -0.05) is 12.1 Å². The fourth-order valence-corrected chi connectivity index (χ4v) is 4.21. The fraction of sp³-hybridized carbons (Fsp3) is 0.588. The molecule has 1 aromatic rings. The van der Waals surface area contributed by atoms with Crippen molar-refractivity contribution >= 4 is 28.5 Å². The zero-order valence-corrected chi connectivity index (χ0v) is 14.8. The number of rotatable bonds is 1. The highest BCUT2D eigenvalue weighted by Crippen LogP contribution is 2.39. The molecule has 3 nitrogen and oxygen atoms in total. The standard InChI is InChI=1S/C17H23IN2O/c1-13-3-2-4-14(15(13)18)16(21)20-11-7-17(8-12-20)5-9-19-10-6-17/h2-4,19H,5-12H2,1H3. The van der Waals surface area contributed by atoms with Gasteiger partial charge in [0.05, 0.1) is 5.56 Å². The number of nitrogens with zero attached hydrogens (tertiary/aromatic N) is 1. The van der Waals surface area contributed by atoms with E-state index in [-0.39, 0.29) is 5.91 Å². The number of aryl methyl sites for hydroxylation is 1. The monoisotopic (exact) mass is 398 g/mol. The minimum atomic E-state index is 0.215. The third kappa shape index (κ3) is 3.11. The van der Waals surface area contributed by atoms with Gasteiger partial charge in [0, 0.05) is 16.7 Å². The molecule has 0 aromatic heterocycles. The van der Waals surface area contributed by atoms with Gasteiger partial charge in [-0.3, -0.25) is 4.79 Å². The molecule has 1 spiro atoms. The van der Waals surface area contributed by atoms with Gasteiger partial charge in [0.25, 0.3) is 5.91 Å². The molecule has 1 aromatic carbocycles. The van der Waals surface area contributed by atoms with Gasteiger partial charge in [0.1, 0.15) is 0 Å². The summed E-state index contributed by atoms with van der Waals surface area (Å²) >= 11 is 2.30. The first-order chi connectivity index (χ1) is 10.1. The second-order valence-electron chi connectivity index (χ2n) is 6.48. The SMILES string of the molecule is Cc1cccc(C(=O)N2CCC3(CCNCC3)CC2)c1I. The van der Waals surface area contributed by atoms with Crippen molar-refractivity contribution in [3.63, 3.8) is 0 Å². The second-order valence-corrected chi connectivity index (χ2v) is 7.56. The summed E-state index contributed by atoms with van der Waals surface area (Å²) in [5.41, 5.74) is 2.56. The van der Waals surface area contributed by atoms with Gasteiger partial charge in [0.2, 0.25) is 0 Å². The molecular formula is C17H23IN2O. The maximum Gasteiger partial charge on any atom is 0.254 e. The number of hydrogen-bond acceptors (Lipinski definition) is 2. The number of halogens is 1. The Balaban J connectivity index is 1.69. The zero-order chi connectivity index (χ0) is 14.9. The number of carbonyl (C=O) groups excluding carboxylic acids is 1. The van der Waals surface area contributed by atoms with E-state index < -0.39 is 0 Å². The highest BCUT2D eigenvalue weighted by atomic mass is 127. The van der Waals surface area contributed by atoms with Crippen molar-refractivity contribution in [3.8, 4) is 0 Å². The molecule has 3 rings (SSSR count). The Labute approximate surface area is 140 Å². The summed E-state index contributed by atoms with van der Waals surface area (Å²) in [6.07, 6.45) is 4.89. The molecule has 2 fully saturated rings. The molecule has 2 heterocycles. The lowest BCUT2D eigenvalue weighted by molar-refractivity contribution is 0.0495. The zero-order valence-electron chi connectivity index (χ0n) is 12.6. The molecule has 0 aliphatic carbocycles. The van der Waals surface area contributed by atoms with Crippen molar-refractivity contribution in [1.82, 2.24) is 10.2 Å². The number of nitrogens with one attached hydrogen (secondary N) is 1. The van der Waals surface area contributed by atoms with E-state index in [1.54, 1.807) is 0 Å². The number of benzene rings is 1. The second kappa shape index (κ2) is 6.24. The molecule has 21 heavy (non-hydrogen) atoms. The fourth-order valence-electron chi connectivity index (χ4n) is 3.62. The Kier molecular flexibility index (Phi) is 4.54. The maximum absolute atomic E-state index is 12.8. The van der Waals surface area contributed by atoms with Gasteiger partial charge < -0.3 is 10.2 Å². The summed E-state index contributed by atoms with van der Waals surface area (Å²) in [4.78, 5) is 14.8. The van der Waals surface area contributed by atoms with Crippen molar-refractivity contribution in [2.45, 2.75) is 32.6 Å². The topological polar surface area (TPSA) is 32.3 Å². The van der Waals surface area contributed by atoms with Crippen molar-refractivity contribution in [2.24, 2.45) is 5.41 Å². The first-order valence-corrected chi connectivity index (χ1v) is 8.94. The van der Waals surface area contributed by atoms with Gasteiger partial charge in [0.15, 0.2) is 0 Å². The Morgan fingerprint density at radius 1 is 1.19 bits per heavy atom. The van der Waals surface area contributed by atoms with Crippen molar-refractivity contribution in [2.75, 3.05) is 26.2 Å². The molecule has 4 heteroatoms. The largest absolute Gasteiger partial charge is 0.339 e. The van der Waals surface area contributed by atoms with E-state index in [0.717, 1.165) is 35.3 Å². The van der Waals surface area contributed by atoms with Crippen LogP contribution in [-0.4, -0.2) is 37.0 Å². The summed E-state index contributed by atoms with van der Waals surface area (Å²) in [7, 11) is 0. The van der Waals surface area contributed by atoms with E-state index in [0.29, 0.717) is 5.41 Å². The average Bonchev–Trinajstić information content (AvgIpc) is 2.51. The molecule has 0 radical (unpaired) electrons. The summed E-state index contributed by atoms with van der Waals surface area (Å²) in [6.45, 7) is 6.19. The van der Waals surface area contributed by atoms with Gasteiger partial charge >= 0.3 is 0 Å². The predicted octanol–water partition coefficient (Wildman–Crippen LogP) is 3.21. The molecule has 2 aliphatic heterocycles. The molecule has 1 N–H and O–H groups in total. The lowest BCUT2D eigenvalue weighted by atomic mass is 9.71. The Hall–Kier alpha value is -0.620. The summed E-state index contributed by atoms with van der Waals surface area (Å²) in [5.74, 6) is 0.215. The highest BCUT2D eigenvalue weighted by Gasteiger charge is 2.37. The van der Waals surface area contributed by atoms with Gasteiger partial charge in [-0.25, -0.2) is 0 Å². The number of carbonyl (C=O) groups is 1. The number of amides is 1. The summed E-state index contributed by atoms with van der Waals surface area (Å²) in [5, 5.41) is 3.45. The molecule has 0 saturated carbocycles. The van der Waals surface area contributed by atoms with Crippen LogP contribution in [0.25, 0.3) is 0 Å². The first kappa shape index (κ1) is 15.3. The van der Waals surface area contributed by atoms with Crippen LogP contribution in [0, 0.1) is 15.9 Å². The van der Waals surface area contributed by atoms with Crippen molar-refractivity contribution in [3.05, 3.63) is 32.9 Å². The molecule has 0 unspecified atom stereocenters. The normalized spacial score (nSPS) is 21.5. The molecular weight excluding hydrogens is 375 g/mol. The Morgan fingerprint density at radius 2 is 1.86 bits per heavy atom. The van der Waals surface area contributed by atoms with E-state index in [2.05, 4.69) is 45.8 Å². The van der Waals surface area contributed by atoms with Crippen LogP contribution in [0.1, 0.15) is 41.6 Å². The van der Waals surface area contributed by atoms with E-state index >= 15 is 0 Å². The molecule has 114 valence electrons. The van der Waals surface area contributed by atoms with Gasteiger partial charge in [-0.2, -0.15) is 0 Å². The van der Waals surface area contributed by atoms with E-state index in [4.69, 9.17) is 0 Å². The molecule has 2 saturated heterocycles. The van der Waals surface area contributed by atoms with E-state index in [1.807, 2.05) is 12.1 Å². The highest BCUT2D eigenvalue weighted by molar-refractivity contribution is 14.1. The molecule has 1 amide bonds. The van der Waals surface area contributed by atoms with Crippen LogP contribution in [0.3, 0.4) is 0 Å². The lowest BCUT2D eigenvalue weighted by Gasteiger charge is -2.44. The first-order valence-electron chi connectivity index (χ1n) is 7.86. The van der Waals surface area contributed by atoms with Crippen molar-refractivity contribution in [1.29, 1.82) is 0 Å². The van der Waals surface area contributed by atoms with Crippen LogP contribution < -0.4 is 5.32 Å². The van der Waals surface area contributed by atoms with Gasteiger partial charge in [-0.15, -0.1) is 0 Å². The van der Waals surface area contributed by atoms with Crippen LogP contribution >= 0.6 is 22.6 Å². The van der Waals surface area contributed by atoms with Crippen LogP contribution in [0.5, 0.6) is 0 Å². The molecule has 0 bridgehead atoms. The molecule has 2 aliphatic rings. The van der Waals surface area contributed by atoms with E-state index in [1.165, 1.54) is 31.2 Å². The van der Waals surface area contributed by atoms with Crippen LogP contribution in [0.2, 0.25) is 0 Å². The van der Waals surface area contributed by atoms with Crippen LogP contribution in [-0.2, 0) is 0 Å². The minimum absolute atomic E-state index is 0.215. The number of hydrogen-bond donors (Lipinski definition) is 1. The van der Waals surface area contributed by atoms with Gasteiger partial charge in [-0.05, 0) is 85.3 Å². The third-order valence-corrected chi connectivity index (χ3v) is 6.63. The quantitative estimate of drug-likeness (QED) is 0.737. The van der Waals surface area contributed by atoms with E-state index in [9.17, 15) is 4.79 Å². The van der Waals surface area contributed by atoms with Crippen molar-refractivity contribution < 1.29 is 4.79 Å². The lowest BCUT2D eigenvalue weighted by Crippen LogP contribution is -2.47. The van der Waals surface area contributed by atoms with Crippen LogP contribution in [0.4, 0.5) is 0 Å². The predicted molar refractivity (Wildman–Crippen MR) is 93.6 cm³/mol. The Bertz CT molecular complexity index is 528. The van der Waals surface area contributed by atoms with Crippen LogP contribution in [0.15, 0.2) is 18.2 Å². The third-order valence-electron chi connectivity index (χ3n) is 5.20. The smallest absolute Gasteiger partial charge is 0.254 e. The average molecular weight is 398 g/mol. The minimum Gasteiger partial charge on any atom is -0.339 e. The summed E-state index contributed by atoms with van der Waals surface area (Å²) < 4.78 is 1.10. The maximum atomic E-state index is 12.8. The molecule has 0 atom stereocenters.